The van der Waals surface area contributed by atoms with Gasteiger partial charge in [0.15, 0.2) is 0 Å². The molecule has 24 heavy (non-hydrogen) atoms. The Kier molecular flexibility index (Phi) is 5.44. The predicted octanol–water partition coefficient (Wildman–Crippen LogP) is 2.96. The van der Waals surface area contributed by atoms with Gasteiger partial charge in [-0.05, 0) is 53.9 Å². The van der Waals surface area contributed by atoms with Gasteiger partial charge in [0.2, 0.25) is 11.8 Å². The third-order valence-electron chi connectivity index (χ3n) is 4.45. The van der Waals surface area contributed by atoms with Crippen molar-refractivity contribution in [2.24, 2.45) is 0 Å². The van der Waals surface area contributed by atoms with Gasteiger partial charge in [-0.2, -0.15) is 0 Å². The highest BCUT2D eigenvalue weighted by Gasteiger charge is 2.22. The second-order valence-electron chi connectivity index (χ2n) is 7.05. The van der Waals surface area contributed by atoms with Crippen LogP contribution in [-0.4, -0.2) is 42.0 Å². The third kappa shape index (κ3) is 4.45. The molecule has 1 heterocycles. The molecule has 5 nitrogen and oxygen atoms in total. The van der Waals surface area contributed by atoms with Crippen LogP contribution in [0, 0.1) is 13.8 Å². The van der Waals surface area contributed by atoms with Gasteiger partial charge in [-0.3, -0.25) is 4.79 Å². The minimum Gasteiger partial charge on any atom is -0.441 e. The van der Waals surface area contributed by atoms with Crippen molar-refractivity contribution in [3.8, 4) is 11.5 Å². The van der Waals surface area contributed by atoms with Gasteiger partial charge in [-0.1, -0.05) is 17.7 Å². The van der Waals surface area contributed by atoms with Crippen LogP contribution < -0.4 is 5.32 Å². The molecule has 1 aromatic heterocycles. The molecule has 0 saturated carbocycles. The van der Waals surface area contributed by atoms with Crippen molar-refractivity contribution < 1.29 is 9.21 Å². The Morgan fingerprint density at radius 1 is 1.21 bits per heavy atom. The molecule has 0 atom stereocenters. The molecule has 1 N–H and O–H groups in total. The molecule has 0 saturated heterocycles. The van der Waals surface area contributed by atoms with E-state index in [4.69, 9.17) is 4.42 Å². The number of oxazole rings is 1. The summed E-state index contributed by atoms with van der Waals surface area (Å²) in [6.07, 6.45) is 0.227. The average Bonchev–Trinajstić information content (AvgIpc) is 2.87. The van der Waals surface area contributed by atoms with Crippen molar-refractivity contribution >= 4 is 5.91 Å². The minimum absolute atomic E-state index is 0.0446. The lowest BCUT2D eigenvalue weighted by molar-refractivity contribution is -0.121. The molecule has 0 bridgehead atoms. The summed E-state index contributed by atoms with van der Waals surface area (Å²) < 4.78 is 5.73. The normalized spacial score (nSPS) is 11.8. The lowest BCUT2D eigenvalue weighted by Crippen LogP contribution is -2.48. The Balaban J connectivity index is 2.03. The average molecular weight is 329 g/mol. The molecule has 0 aliphatic carbocycles. The fourth-order valence-corrected chi connectivity index (χ4v) is 2.10. The number of nitrogens with zero attached hydrogens (tertiary/aromatic N) is 2. The van der Waals surface area contributed by atoms with Crippen LogP contribution >= 0.6 is 0 Å². The van der Waals surface area contributed by atoms with Crippen molar-refractivity contribution in [1.82, 2.24) is 15.2 Å². The SMILES string of the molecule is Cc1ccc(-c2nc(CC(=O)NCC(C)(C)N(C)C)c(C)o2)cc1. The van der Waals surface area contributed by atoms with Crippen LogP contribution in [0.5, 0.6) is 0 Å². The predicted molar refractivity (Wildman–Crippen MR) is 95.9 cm³/mol. The van der Waals surface area contributed by atoms with E-state index in [1.165, 1.54) is 5.56 Å². The maximum absolute atomic E-state index is 12.2. The van der Waals surface area contributed by atoms with Crippen molar-refractivity contribution in [2.45, 2.75) is 39.7 Å². The molecule has 0 spiro atoms. The van der Waals surface area contributed by atoms with Crippen LogP contribution in [0.3, 0.4) is 0 Å². The summed E-state index contributed by atoms with van der Waals surface area (Å²) in [4.78, 5) is 18.8. The van der Waals surface area contributed by atoms with Crippen LogP contribution in [0.4, 0.5) is 0 Å². The number of carbonyl (C=O) groups excluding carboxylic acids is 1. The van der Waals surface area contributed by atoms with E-state index in [9.17, 15) is 4.79 Å². The van der Waals surface area contributed by atoms with E-state index in [0.29, 0.717) is 23.9 Å². The molecular formula is C19H27N3O2. The van der Waals surface area contributed by atoms with Gasteiger partial charge in [0.1, 0.15) is 5.76 Å². The number of hydrogen-bond donors (Lipinski definition) is 1. The zero-order chi connectivity index (χ0) is 17.9. The molecule has 130 valence electrons. The Labute approximate surface area is 144 Å². The number of amides is 1. The number of rotatable bonds is 6. The van der Waals surface area contributed by atoms with E-state index in [2.05, 4.69) is 29.0 Å². The first-order valence-electron chi connectivity index (χ1n) is 8.16. The fraction of sp³-hybridized carbons (Fsp3) is 0.474. The standard InChI is InChI=1S/C19H27N3O2/c1-13-7-9-15(10-8-13)18-21-16(14(2)24-18)11-17(23)20-12-19(3,4)22(5)6/h7-10H,11-12H2,1-6H3,(H,20,23). The quantitative estimate of drug-likeness (QED) is 0.885. The Bertz CT molecular complexity index is 700. The van der Waals surface area contributed by atoms with E-state index in [0.717, 1.165) is 5.56 Å². The highest BCUT2D eigenvalue weighted by molar-refractivity contribution is 5.78. The molecule has 0 fully saturated rings. The van der Waals surface area contributed by atoms with Gasteiger partial charge in [0.05, 0.1) is 12.1 Å². The first-order chi connectivity index (χ1) is 11.2. The van der Waals surface area contributed by atoms with Crippen LogP contribution in [0.15, 0.2) is 28.7 Å². The van der Waals surface area contributed by atoms with E-state index in [1.807, 2.05) is 52.2 Å². The maximum atomic E-state index is 12.2. The molecular weight excluding hydrogens is 302 g/mol. The number of hydrogen-bond acceptors (Lipinski definition) is 4. The summed E-state index contributed by atoms with van der Waals surface area (Å²) in [6, 6.07) is 7.99. The molecule has 1 aromatic carbocycles. The number of likely N-dealkylation sites (N-methyl/N-ethyl adjacent to an activating group) is 1. The lowest BCUT2D eigenvalue weighted by atomic mass is 10.0. The molecule has 0 radical (unpaired) electrons. The molecule has 0 aliphatic heterocycles. The number of aryl methyl sites for hydroxylation is 2. The monoisotopic (exact) mass is 329 g/mol. The maximum Gasteiger partial charge on any atom is 0.226 e. The largest absolute Gasteiger partial charge is 0.441 e. The van der Waals surface area contributed by atoms with Crippen LogP contribution in [0.25, 0.3) is 11.5 Å². The first kappa shape index (κ1) is 18.2. The molecule has 0 unspecified atom stereocenters. The Hall–Kier alpha value is -2.14. The Morgan fingerprint density at radius 2 is 1.83 bits per heavy atom. The molecule has 0 aliphatic rings. The van der Waals surface area contributed by atoms with Crippen molar-refractivity contribution in [2.75, 3.05) is 20.6 Å². The van der Waals surface area contributed by atoms with Crippen LogP contribution in [-0.2, 0) is 11.2 Å². The van der Waals surface area contributed by atoms with Crippen molar-refractivity contribution in [1.29, 1.82) is 0 Å². The van der Waals surface area contributed by atoms with Gasteiger partial charge in [-0.15, -0.1) is 0 Å². The van der Waals surface area contributed by atoms with E-state index >= 15 is 0 Å². The summed E-state index contributed by atoms with van der Waals surface area (Å²) in [5, 5.41) is 2.97. The third-order valence-corrected chi connectivity index (χ3v) is 4.45. The lowest BCUT2D eigenvalue weighted by Gasteiger charge is -2.32. The second-order valence-corrected chi connectivity index (χ2v) is 7.05. The zero-order valence-corrected chi connectivity index (χ0v) is 15.4. The van der Waals surface area contributed by atoms with Gasteiger partial charge in [-0.25, -0.2) is 4.98 Å². The smallest absolute Gasteiger partial charge is 0.226 e. The number of aromatic nitrogens is 1. The summed E-state index contributed by atoms with van der Waals surface area (Å²) >= 11 is 0. The van der Waals surface area contributed by atoms with E-state index < -0.39 is 0 Å². The van der Waals surface area contributed by atoms with Crippen LogP contribution in [0.1, 0.15) is 30.9 Å². The second kappa shape index (κ2) is 7.18. The summed E-state index contributed by atoms with van der Waals surface area (Å²) in [5.41, 5.74) is 2.70. The molecule has 2 rings (SSSR count). The fourth-order valence-electron chi connectivity index (χ4n) is 2.10. The van der Waals surface area contributed by atoms with E-state index in [1.54, 1.807) is 0 Å². The Morgan fingerprint density at radius 3 is 2.42 bits per heavy atom. The minimum atomic E-state index is -0.0956. The summed E-state index contributed by atoms with van der Waals surface area (Å²) in [7, 11) is 4.00. The van der Waals surface area contributed by atoms with Crippen molar-refractivity contribution in [3.05, 3.63) is 41.3 Å². The summed E-state index contributed by atoms with van der Waals surface area (Å²) in [5.74, 6) is 1.20. The highest BCUT2D eigenvalue weighted by atomic mass is 16.4. The molecule has 5 heteroatoms. The topological polar surface area (TPSA) is 58.4 Å². The van der Waals surface area contributed by atoms with Gasteiger partial charge >= 0.3 is 0 Å². The van der Waals surface area contributed by atoms with Gasteiger partial charge in [0, 0.05) is 17.6 Å². The van der Waals surface area contributed by atoms with Crippen LogP contribution in [0.2, 0.25) is 0 Å². The summed E-state index contributed by atoms with van der Waals surface area (Å²) in [6.45, 7) is 8.64. The number of benzene rings is 1. The van der Waals surface area contributed by atoms with Gasteiger partial charge in [0.25, 0.3) is 0 Å². The molecule has 1 amide bonds. The van der Waals surface area contributed by atoms with Gasteiger partial charge < -0.3 is 14.6 Å². The molecule has 2 aromatic rings. The zero-order valence-electron chi connectivity index (χ0n) is 15.4. The van der Waals surface area contributed by atoms with Crippen molar-refractivity contribution in [3.63, 3.8) is 0 Å². The number of nitrogens with one attached hydrogen (secondary N) is 1. The van der Waals surface area contributed by atoms with E-state index in [-0.39, 0.29) is 17.9 Å². The number of carbonyl (C=O) groups is 1. The first-order valence-corrected chi connectivity index (χ1v) is 8.16. The highest BCUT2D eigenvalue weighted by Crippen LogP contribution is 2.22.